The van der Waals surface area contributed by atoms with Crippen molar-refractivity contribution < 1.29 is 4.79 Å². The minimum absolute atomic E-state index is 0.00310. The van der Waals surface area contributed by atoms with Crippen molar-refractivity contribution in [3.8, 4) is 0 Å². The lowest BCUT2D eigenvalue weighted by Crippen LogP contribution is -2.47. The molecule has 5 nitrogen and oxygen atoms in total. The second-order valence-electron chi connectivity index (χ2n) is 5.57. The zero-order valence-corrected chi connectivity index (χ0v) is 11.3. The summed E-state index contributed by atoms with van der Waals surface area (Å²) in [6, 6.07) is 2.11. The topological polar surface area (TPSA) is 57.6 Å². The van der Waals surface area contributed by atoms with Crippen LogP contribution in [0.5, 0.6) is 0 Å². The molecule has 102 valence electrons. The highest BCUT2D eigenvalue weighted by Crippen LogP contribution is 2.42. The number of aromatic nitrogens is 1. The van der Waals surface area contributed by atoms with Crippen LogP contribution in [0.25, 0.3) is 0 Å². The molecule has 4 rings (SSSR count). The summed E-state index contributed by atoms with van der Waals surface area (Å²) >= 11 is 0. The number of fused-ring (bicyclic) bond motifs is 2. The number of nitrogens with zero attached hydrogens (tertiary/aromatic N) is 3. The number of hydrogen-bond acceptors (Lipinski definition) is 4. The van der Waals surface area contributed by atoms with Crippen molar-refractivity contribution in [2.24, 2.45) is 4.99 Å². The molecule has 0 bridgehead atoms. The van der Waals surface area contributed by atoms with E-state index in [9.17, 15) is 4.79 Å². The van der Waals surface area contributed by atoms with Crippen LogP contribution < -0.4 is 10.2 Å². The van der Waals surface area contributed by atoms with Gasteiger partial charge in [0.25, 0.3) is 5.91 Å². The number of hydrogen-bond donors (Lipinski definition) is 1. The molecule has 1 aliphatic carbocycles. The van der Waals surface area contributed by atoms with E-state index in [-0.39, 0.29) is 18.0 Å². The van der Waals surface area contributed by atoms with E-state index >= 15 is 0 Å². The van der Waals surface area contributed by atoms with Gasteiger partial charge >= 0.3 is 0 Å². The number of pyridine rings is 1. The Morgan fingerprint density at radius 1 is 1.40 bits per heavy atom. The zero-order valence-electron chi connectivity index (χ0n) is 11.3. The first-order valence-corrected chi connectivity index (χ1v) is 7.00. The minimum Gasteiger partial charge on any atom is -0.356 e. The minimum atomic E-state index is -0.380. The summed E-state index contributed by atoms with van der Waals surface area (Å²) in [5.74, 6) is 0.595. The Hall–Kier alpha value is -2.17. The predicted octanol–water partition coefficient (Wildman–Crippen LogP) is 1.69. The van der Waals surface area contributed by atoms with Crippen molar-refractivity contribution in [2.75, 3.05) is 10.2 Å². The van der Waals surface area contributed by atoms with Crippen LogP contribution in [0.2, 0.25) is 0 Å². The standard InChI is InChI=1S/C15H16N4O/c1-9-6-8-17-14-13(9)19(10-4-5-10)11-3-2-7-16-12(11)15(20)18-14/h2-3,6-8,10-12H,4-5H2,1H3,(H,17,18,20). The smallest absolute Gasteiger partial charge is 0.252 e. The average Bonchev–Trinajstić information content (AvgIpc) is 3.27. The van der Waals surface area contributed by atoms with Crippen molar-refractivity contribution in [1.29, 1.82) is 0 Å². The van der Waals surface area contributed by atoms with Crippen LogP contribution in [-0.4, -0.2) is 35.2 Å². The molecule has 20 heavy (non-hydrogen) atoms. The van der Waals surface area contributed by atoms with Gasteiger partial charge < -0.3 is 10.2 Å². The number of dihydropyridines is 1. The summed E-state index contributed by atoms with van der Waals surface area (Å²) in [4.78, 5) is 23.5. The van der Waals surface area contributed by atoms with Crippen LogP contribution in [0.4, 0.5) is 11.5 Å². The molecule has 0 spiro atoms. The molecule has 3 heterocycles. The van der Waals surface area contributed by atoms with Gasteiger partial charge in [-0.1, -0.05) is 6.08 Å². The Kier molecular flexibility index (Phi) is 2.42. The van der Waals surface area contributed by atoms with Crippen molar-refractivity contribution in [3.63, 3.8) is 0 Å². The number of carbonyl (C=O) groups is 1. The van der Waals surface area contributed by atoms with Gasteiger partial charge in [-0.15, -0.1) is 0 Å². The van der Waals surface area contributed by atoms with Crippen LogP contribution in [0.15, 0.2) is 29.4 Å². The van der Waals surface area contributed by atoms with E-state index in [2.05, 4.69) is 33.2 Å². The Morgan fingerprint density at radius 2 is 2.25 bits per heavy atom. The van der Waals surface area contributed by atoms with E-state index in [1.54, 1.807) is 12.4 Å². The van der Waals surface area contributed by atoms with E-state index in [4.69, 9.17) is 0 Å². The van der Waals surface area contributed by atoms with E-state index in [0.717, 1.165) is 11.3 Å². The van der Waals surface area contributed by atoms with Gasteiger partial charge in [-0.2, -0.15) is 0 Å². The van der Waals surface area contributed by atoms with Gasteiger partial charge in [0.2, 0.25) is 0 Å². The molecule has 2 unspecified atom stereocenters. The summed E-state index contributed by atoms with van der Waals surface area (Å²) in [6.07, 6.45) is 9.80. The third-order valence-electron chi connectivity index (χ3n) is 4.12. The van der Waals surface area contributed by atoms with Gasteiger partial charge in [-0.05, 0) is 37.5 Å². The molecule has 5 heteroatoms. The van der Waals surface area contributed by atoms with Crippen molar-refractivity contribution in [1.82, 2.24) is 4.98 Å². The second kappa shape index (κ2) is 4.16. The van der Waals surface area contributed by atoms with Crippen LogP contribution in [-0.2, 0) is 4.79 Å². The number of aliphatic imine (C=N–C) groups is 1. The molecule has 1 aromatic rings. The van der Waals surface area contributed by atoms with Crippen molar-refractivity contribution in [2.45, 2.75) is 37.9 Å². The molecular weight excluding hydrogens is 252 g/mol. The molecule has 1 saturated carbocycles. The maximum atomic E-state index is 12.4. The van der Waals surface area contributed by atoms with Gasteiger partial charge in [0, 0.05) is 18.5 Å². The van der Waals surface area contributed by atoms with E-state index in [0.29, 0.717) is 11.9 Å². The Bertz CT molecular complexity index is 633. The maximum Gasteiger partial charge on any atom is 0.252 e. The van der Waals surface area contributed by atoms with E-state index < -0.39 is 0 Å². The summed E-state index contributed by atoms with van der Waals surface area (Å²) in [7, 11) is 0. The van der Waals surface area contributed by atoms with Gasteiger partial charge in [0.15, 0.2) is 11.9 Å². The lowest BCUT2D eigenvalue weighted by atomic mass is 10.0. The molecule has 0 saturated heterocycles. The molecule has 2 atom stereocenters. The van der Waals surface area contributed by atoms with Crippen molar-refractivity contribution >= 4 is 23.6 Å². The zero-order chi connectivity index (χ0) is 13.7. The molecule has 3 aliphatic rings. The molecule has 0 radical (unpaired) electrons. The monoisotopic (exact) mass is 268 g/mol. The second-order valence-corrected chi connectivity index (χ2v) is 5.57. The first-order chi connectivity index (χ1) is 9.75. The number of allylic oxidation sites excluding steroid dienone is 1. The molecular formula is C15H16N4O. The average molecular weight is 268 g/mol. The highest BCUT2D eigenvalue weighted by molar-refractivity contribution is 6.01. The third-order valence-corrected chi connectivity index (χ3v) is 4.12. The van der Waals surface area contributed by atoms with E-state index in [1.807, 2.05) is 12.1 Å². The predicted molar refractivity (Wildman–Crippen MR) is 78.3 cm³/mol. The molecule has 2 aliphatic heterocycles. The number of rotatable bonds is 1. The highest BCUT2D eigenvalue weighted by atomic mass is 16.2. The summed E-state index contributed by atoms with van der Waals surface area (Å²) < 4.78 is 0. The fourth-order valence-electron chi connectivity index (χ4n) is 3.05. The Labute approximate surface area is 117 Å². The lowest BCUT2D eigenvalue weighted by Gasteiger charge is -2.34. The normalized spacial score (nSPS) is 27.6. The van der Waals surface area contributed by atoms with Gasteiger partial charge in [-0.3, -0.25) is 9.79 Å². The number of amides is 1. The van der Waals surface area contributed by atoms with Gasteiger partial charge in [0.1, 0.15) is 0 Å². The molecule has 1 amide bonds. The Balaban J connectivity index is 1.91. The molecule has 1 aromatic heterocycles. The fourth-order valence-corrected chi connectivity index (χ4v) is 3.05. The largest absolute Gasteiger partial charge is 0.356 e. The maximum absolute atomic E-state index is 12.4. The first kappa shape index (κ1) is 11.6. The number of nitrogens with one attached hydrogen (secondary N) is 1. The Morgan fingerprint density at radius 3 is 3.05 bits per heavy atom. The van der Waals surface area contributed by atoms with Crippen LogP contribution >= 0.6 is 0 Å². The number of carbonyl (C=O) groups excluding carboxylic acids is 1. The highest BCUT2D eigenvalue weighted by Gasteiger charge is 2.43. The quantitative estimate of drug-likeness (QED) is 0.843. The SMILES string of the molecule is Cc1ccnc2c1N(C1CC1)C1C=CC=NC1C(=O)N2. The van der Waals surface area contributed by atoms with Crippen molar-refractivity contribution in [3.05, 3.63) is 30.0 Å². The lowest BCUT2D eigenvalue weighted by molar-refractivity contribution is -0.117. The number of anilines is 2. The van der Waals surface area contributed by atoms with Crippen LogP contribution in [0.3, 0.4) is 0 Å². The van der Waals surface area contributed by atoms with Gasteiger partial charge in [-0.25, -0.2) is 4.98 Å². The van der Waals surface area contributed by atoms with Crippen LogP contribution in [0.1, 0.15) is 18.4 Å². The van der Waals surface area contributed by atoms with E-state index in [1.165, 1.54) is 12.8 Å². The molecule has 0 aromatic carbocycles. The first-order valence-electron chi connectivity index (χ1n) is 7.00. The summed E-state index contributed by atoms with van der Waals surface area (Å²) in [5.41, 5.74) is 2.20. The van der Waals surface area contributed by atoms with Gasteiger partial charge in [0.05, 0.1) is 11.7 Å². The third kappa shape index (κ3) is 1.66. The summed E-state index contributed by atoms with van der Waals surface area (Å²) in [5, 5.41) is 2.94. The van der Waals surface area contributed by atoms with Crippen LogP contribution in [0, 0.1) is 6.92 Å². The fraction of sp³-hybridized carbons (Fsp3) is 0.400. The summed E-state index contributed by atoms with van der Waals surface area (Å²) in [6.45, 7) is 2.07. The molecule has 1 fully saturated rings. The molecule has 1 N–H and O–H groups in total. The number of aryl methyl sites for hydroxylation is 1.